The molecule has 0 bridgehead atoms. The van der Waals surface area contributed by atoms with Crippen LogP contribution in [0.3, 0.4) is 0 Å². The summed E-state index contributed by atoms with van der Waals surface area (Å²) in [6.45, 7) is 5.76. The van der Waals surface area contributed by atoms with Crippen molar-refractivity contribution in [3.63, 3.8) is 0 Å². The van der Waals surface area contributed by atoms with Gasteiger partial charge >= 0.3 is 0 Å². The zero-order valence-corrected chi connectivity index (χ0v) is 20.9. The van der Waals surface area contributed by atoms with Gasteiger partial charge in [0.15, 0.2) is 17.3 Å². The van der Waals surface area contributed by atoms with Gasteiger partial charge in [-0.1, -0.05) is 30.7 Å². The average molecular weight is 503 g/mol. The number of carbonyl (C=O) groups is 1. The first-order valence-corrected chi connectivity index (χ1v) is 11.5. The number of ketones is 1. The van der Waals surface area contributed by atoms with Crippen LogP contribution in [0.4, 0.5) is 4.39 Å². The average Bonchev–Trinajstić information content (AvgIpc) is 2.85. The van der Waals surface area contributed by atoms with E-state index in [1.165, 1.54) is 38.6 Å². The van der Waals surface area contributed by atoms with E-state index in [-0.39, 0.29) is 59.6 Å². The second-order valence-electron chi connectivity index (χ2n) is 7.89. The van der Waals surface area contributed by atoms with Crippen LogP contribution < -0.4 is 18.9 Å². The molecule has 1 aromatic heterocycles. The lowest BCUT2D eigenvalue weighted by atomic mass is 9.98. The summed E-state index contributed by atoms with van der Waals surface area (Å²) in [4.78, 5) is 20.5. The zero-order chi connectivity index (χ0) is 25.4. The van der Waals surface area contributed by atoms with Gasteiger partial charge in [-0.25, -0.2) is 9.37 Å². The molecule has 186 valence electrons. The molecule has 0 fully saturated rings. The van der Waals surface area contributed by atoms with Crippen LogP contribution in [0.2, 0.25) is 5.02 Å². The third-order valence-corrected chi connectivity index (χ3v) is 5.91. The van der Waals surface area contributed by atoms with Gasteiger partial charge in [-0.15, -0.1) is 0 Å². The number of nitrogens with zero attached hydrogens (tertiary/aromatic N) is 2. The van der Waals surface area contributed by atoms with E-state index in [0.717, 1.165) is 5.56 Å². The SMILES string of the molecule is COc1c(Cl)c(C)c(C(C)=O)c(OCCOc2cnccn2)c1OCCC(C)c1ccc(F)cc1. The fourth-order valence-corrected chi connectivity index (χ4v) is 3.84. The molecule has 35 heavy (non-hydrogen) atoms. The molecule has 0 aliphatic carbocycles. The van der Waals surface area contributed by atoms with Crippen LogP contribution in [-0.4, -0.2) is 42.7 Å². The molecule has 1 heterocycles. The highest BCUT2D eigenvalue weighted by Gasteiger charge is 2.27. The lowest BCUT2D eigenvalue weighted by Gasteiger charge is -2.22. The van der Waals surface area contributed by atoms with Gasteiger partial charge in [0.25, 0.3) is 0 Å². The summed E-state index contributed by atoms with van der Waals surface area (Å²) in [7, 11) is 1.48. The van der Waals surface area contributed by atoms with Gasteiger partial charge in [0, 0.05) is 12.4 Å². The molecule has 0 saturated heterocycles. The number of aromatic nitrogens is 2. The predicted octanol–water partition coefficient (Wildman–Crippen LogP) is 5.82. The summed E-state index contributed by atoms with van der Waals surface area (Å²) >= 11 is 6.53. The van der Waals surface area contributed by atoms with Crippen molar-refractivity contribution >= 4 is 17.4 Å². The molecule has 1 atom stereocenters. The number of ether oxygens (including phenoxy) is 4. The largest absolute Gasteiger partial charge is 0.491 e. The molecular weight excluding hydrogens is 475 g/mol. The monoisotopic (exact) mass is 502 g/mol. The minimum absolute atomic E-state index is 0.111. The predicted molar refractivity (Wildman–Crippen MR) is 131 cm³/mol. The number of halogens is 2. The second-order valence-corrected chi connectivity index (χ2v) is 8.27. The van der Waals surface area contributed by atoms with E-state index in [9.17, 15) is 9.18 Å². The highest BCUT2D eigenvalue weighted by Crippen LogP contribution is 2.48. The Balaban J connectivity index is 1.80. The number of hydrogen-bond donors (Lipinski definition) is 0. The minimum Gasteiger partial charge on any atom is -0.491 e. The van der Waals surface area contributed by atoms with Gasteiger partial charge in [-0.3, -0.25) is 9.78 Å². The summed E-state index contributed by atoms with van der Waals surface area (Å²) in [5.74, 6) is 0.749. The number of benzene rings is 2. The molecule has 7 nitrogen and oxygen atoms in total. The van der Waals surface area contributed by atoms with Crippen molar-refractivity contribution in [2.45, 2.75) is 33.1 Å². The van der Waals surface area contributed by atoms with Crippen molar-refractivity contribution in [1.82, 2.24) is 9.97 Å². The van der Waals surface area contributed by atoms with E-state index < -0.39 is 0 Å². The summed E-state index contributed by atoms with van der Waals surface area (Å²) in [6, 6.07) is 6.37. The highest BCUT2D eigenvalue weighted by molar-refractivity contribution is 6.34. The van der Waals surface area contributed by atoms with Crippen molar-refractivity contribution in [3.8, 4) is 23.1 Å². The molecule has 0 amide bonds. The van der Waals surface area contributed by atoms with Crippen molar-refractivity contribution < 1.29 is 28.1 Å². The Morgan fingerprint density at radius 1 is 1.03 bits per heavy atom. The fourth-order valence-electron chi connectivity index (χ4n) is 3.59. The first-order chi connectivity index (χ1) is 16.8. The molecule has 3 rings (SSSR count). The Hall–Kier alpha value is -3.39. The number of carbonyl (C=O) groups excluding carboxylic acids is 1. The Kier molecular flexibility index (Phi) is 9.25. The van der Waals surface area contributed by atoms with E-state index in [0.29, 0.717) is 23.4 Å². The maximum absolute atomic E-state index is 13.2. The molecule has 3 aromatic rings. The molecule has 9 heteroatoms. The summed E-state index contributed by atoms with van der Waals surface area (Å²) in [5, 5.41) is 0.280. The first-order valence-electron chi connectivity index (χ1n) is 11.1. The van der Waals surface area contributed by atoms with E-state index in [1.807, 2.05) is 6.92 Å². The smallest absolute Gasteiger partial charge is 0.232 e. The van der Waals surface area contributed by atoms with E-state index in [4.69, 9.17) is 30.5 Å². The normalized spacial score (nSPS) is 11.6. The molecule has 0 N–H and O–H groups in total. The Morgan fingerprint density at radius 2 is 1.71 bits per heavy atom. The molecule has 0 radical (unpaired) electrons. The van der Waals surface area contributed by atoms with Crippen LogP contribution in [0.1, 0.15) is 47.7 Å². The van der Waals surface area contributed by atoms with Crippen LogP contribution in [0.5, 0.6) is 23.1 Å². The number of rotatable bonds is 12. The van der Waals surface area contributed by atoms with Crippen LogP contribution >= 0.6 is 11.6 Å². The van der Waals surface area contributed by atoms with E-state index in [2.05, 4.69) is 9.97 Å². The molecular formula is C26H28ClFN2O5. The quantitative estimate of drug-likeness (QED) is 0.228. The van der Waals surface area contributed by atoms with Gasteiger partial charge in [-0.05, 0) is 49.4 Å². The maximum Gasteiger partial charge on any atom is 0.232 e. The lowest BCUT2D eigenvalue weighted by Crippen LogP contribution is -2.15. The van der Waals surface area contributed by atoms with Crippen molar-refractivity contribution in [2.75, 3.05) is 26.9 Å². The van der Waals surface area contributed by atoms with Gasteiger partial charge in [0.2, 0.25) is 11.6 Å². The molecule has 0 saturated carbocycles. The van der Waals surface area contributed by atoms with Gasteiger partial charge < -0.3 is 18.9 Å². The summed E-state index contributed by atoms with van der Waals surface area (Å²) in [6.07, 6.45) is 5.19. The second kappa shape index (κ2) is 12.4. The molecule has 2 aromatic carbocycles. The van der Waals surface area contributed by atoms with Crippen molar-refractivity contribution in [2.24, 2.45) is 0 Å². The number of hydrogen-bond acceptors (Lipinski definition) is 7. The van der Waals surface area contributed by atoms with E-state index in [1.54, 1.807) is 25.3 Å². The number of methoxy groups -OCH3 is 1. The van der Waals surface area contributed by atoms with Crippen LogP contribution in [0.25, 0.3) is 0 Å². The summed E-state index contributed by atoms with van der Waals surface area (Å²) < 4.78 is 36.4. The number of Topliss-reactive ketones (excluding diaryl/α,β-unsaturated/α-hetero) is 1. The molecule has 0 aliphatic heterocycles. The standard InChI is InChI=1S/C26H28ClFN2O5/c1-16(19-5-7-20(28)8-6-19)9-12-34-26-24(35-14-13-33-21-15-29-10-11-30-21)22(18(3)31)17(2)23(27)25(26)32-4/h5-8,10-11,15-16H,9,12-14H2,1-4H3. The van der Waals surface area contributed by atoms with Gasteiger partial charge in [0.05, 0.1) is 30.5 Å². The fraction of sp³-hybridized carbons (Fsp3) is 0.346. The first kappa shape index (κ1) is 26.2. The Labute approximate surface area is 209 Å². The molecule has 1 unspecified atom stereocenters. The summed E-state index contributed by atoms with van der Waals surface area (Å²) in [5.41, 5.74) is 1.84. The zero-order valence-electron chi connectivity index (χ0n) is 20.1. The third-order valence-electron chi connectivity index (χ3n) is 5.45. The Bertz CT molecular complexity index is 1140. The topological polar surface area (TPSA) is 79.8 Å². The third kappa shape index (κ3) is 6.60. The van der Waals surface area contributed by atoms with Crippen molar-refractivity contribution in [3.05, 3.63) is 70.4 Å². The lowest BCUT2D eigenvalue weighted by molar-refractivity contribution is 0.101. The van der Waals surface area contributed by atoms with Gasteiger partial charge in [-0.2, -0.15) is 0 Å². The van der Waals surface area contributed by atoms with Crippen LogP contribution in [0, 0.1) is 12.7 Å². The minimum atomic E-state index is -0.280. The van der Waals surface area contributed by atoms with E-state index >= 15 is 0 Å². The van der Waals surface area contributed by atoms with Crippen molar-refractivity contribution in [1.29, 1.82) is 0 Å². The molecule has 0 spiro atoms. The van der Waals surface area contributed by atoms with Gasteiger partial charge in [0.1, 0.15) is 19.0 Å². The highest BCUT2D eigenvalue weighted by atomic mass is 35.5. The molecule has 0 aliphatic rings. The maximum atomic E-state index is 13.2. The van der Waals surface area contributed by atoms with Crippen LogP contribution in [0.15, 0.2) is 42.9 Å². The Morgan fingerprint density at radius 3 is 2.34 bits per heavy atom. The van der Waals surface area contributed by atoms with Crippen LogP contribution in [-0.2, 0) is 0 Å².